The van der Waals surface area contributed by atoms with Crippen molar-refractivity contribution in [2.45, 2.75) is 0 Å². The molecule has 0 saturated carbocycles. The molecular weight excluding hydrogens is 342 g/mol. The van der Waals surface area contributed by atoms with Crippen molar-refractivity contribution in [2.75, 3.05) is 17.7 Å². The van der Waals surface area contributed by atoms with E-state index in [1.807, 2.05) is 6.07 Å². The Hall–Kier alpha value is -2.99. The molecule has 0 unspecified atom stereocenters. The third-order valence-electron chi connectivity index (χ3n) is 4.11. The number of hydrogen-bond acceptors (Lipinski definition) is 3. The zero-order valence-corrected chi connectivity index (χ0v) is 14.4. The van der Waals surface area contributed by atoms with Crippen LogP contribution in [-0.4, -0.2) is 22.8 Å². The molecule has 3 aromatic rings. The van der Waals surface area contributed by atoms with Gasteiger partial charge >= 0.3 is 6.09 Å². The van der Waals surface area contributed by atoms with Crippen molar-refractivity contribution in [1.82, 2.24) is 4.57 Å². The first kappa shape index (κ1) is 16.9. The summed E-state index contributed by atoms with van der Waals surface area (Å²) in [5.74, 6) is 0.248. The van der Waals surface area contributed by atoms with Gasteiger partial charge in [-0.05, 0) is 35.9 Å². The molecule has 1 heterocycles. The third kappa shape index (κ3) is 2.81. The van der Waals surface area contributed by atoms with E-state index >= 15 is 0 Å². The van der Waals surface area contributed by atoms with Crippen molar-refractivity contribution >= 4 is 40.0 Å². The van der Waals surface area contributed by atoms with E-state index in [9.17, 15) is 14.7 Å². The standard InChI is InChI=1S/C18H16ClN3O3/c1-21-16(22(2)18(24)25)15(10-4-3-5-12(20)8-10)14-9-11(19)6-7-13(14)17(21)23/h3-9H,20H2,1-2H3,(H,24,25). The van der Waals surface area contributed by atoms with Gasteiger partial charge in [-0.2, -0.15) is 0 Å². The van der Waals surface area contributed by atoms with E-state index in [4.69, 9.17) is 17.3 Å². The summed E-state index contributed by atoms with van der Waals surface area (Å²) < 4.78 is 1.32. The predicted molar refractivity (Wildman–Crippen MR) is 100 cm³/mol. The molecule has 0 radical (unpaired) electrons. The Balaban J connectivity index is 2.56. The molecule has 6 nitrogen and oxygen atoms in total. The molecule has 0 saturated heterocycles. The molecule has 3 N–H and O–H groups in total. The number of carboxylic acid groups (broad SMARTS) is 1. The minimum Gasteiger partial charge on any atom is -0.465 e. The topological polar surface area (TPSA) is 88.6 Å². The molecule has 0 atom stereocenters. The zero-order valence-electron chi connectivity index (χ0n) is 13.7. The normalized spacial score (nSPS) is 10.8. The van der Waals surface area contributed by atoms with Gasteiger partial charge in [0.05, 0.1) is 0 Å². The molecule has 2 aromatic carbocycles. The third-order valence-corrected chi connectivity index (χ3v) is 4.34. The van der Waals surface area contributed by atoms with Crippen molar-refractivity contribution in [1.29, 1.82) is 0 Å². The monoisotopic (exact) mass is 357 g/mol. The molecule has 1 amide bonds. The number of amides is 1. The molecule has 25 heavy (non-hydrogen) atoms. The van der Waals surface area contributed by atoms with Gasteiger partial charge in [0.1, 0.15) is 5.82 Å². The fourth-order valence-electron chi connectivity index (χ4n) is 2.94. The second-order valence-electron chi connectivity index (χ2n) is 5.72. The zero-order chi connectivity index (χ0) is 18.3. The second kappa shape index (κ2) is 6.14. The lowest BCUT2D eigenvalue weighted by molar-refractivity contribution is 0.203. The van der Waals surface area contributed by atoms with E-state index in [0.717, 1.165) is 4.90 Å². The number of halogens is 1. The maximum absolute atomic E-state index is 12.7. The molecule has 0 aliphatic heterocycles. The first-order valence-electron chi connectivity index (χ1n) is 7.46. The SMILES string of the molecule is CN(C(=O)O)c1c(-c2cccc(N)c2)c2cc(Cl)ccc2c(=O)n1C. The predicted octanol–water partition coefficient (Wildman–Crippen LogP) is 3.56. The fourth-order valence-corrected chi connectivity index (χ4v) is 3.11. The summed E-state index contributed by atoms with van der Waals surface area (Å²) in [6, 6.07) is 12.0. The summed E-state index contributed by atoms with van der Waals surface area (Å²) in [5, 5.41) is 10.9. The number of hydrogen-bond donors (Lipinski definition) is 2. The van der Waals surface area contributed by atoms with Gasteiger partial charge in [0.25, 0.3) is 5.56 Å². The van der Waals surface area contributed by atoms with Crippen LogP contribution in [0.2, 0.25) is 5.02 Å². The first-order chi connectivity index (χ1) is 11.8. The van der Waals surface area contributed by atoms with Crippen molar-refractivity contribution in [3.63, 3.8) is 0 Å². The van der Waals surface area contributed by atoms with Crippen molar-refractivity contribution in [2.24, 2.45) is 7.05 Å². The van der Waals surface area contributed by atoms with Crippen LogP contribution in [0, 0.1) is 0 Å². The number of benzene rings is 2. The second-order valence-corrected chi connectivity index (χ2v) is 6.16. The highest BCUT2D eigenvalue weighted by atomic mass is 35.5. The van der Waals surface area contributed by atoms with Crippen LogP contribution in [0.4, 0.5) is 16.3 Å². The van der Waals surface area contributed by atoms with E-state index in [0.29, 0.717) is 32.6 Å². The summed E-state index contributed by atoms with van der Waals surface area (Å²) in [6.45, 7) is 0. The summed E-state index contributed by atoms with van der Waals surface area (Å²) >= 11 is 6.13. The maximum Gasteiger partial charge on any atom is 0.412 e. The van der Waals surface area contributed by atoms with Crippen LogP contribution < -0.4 is 16.2 Å². The Labute approximate surface area is 148 Å². The Kier molecular flexibility index (Phi) is 4.14. The van der Waals surface area contributed by atoms with Gasteiger partial charge in [-0.1, -0.05) is 23.7 Å². The van der Waals surface area contributed by atoms with Gasteiger partial charge in [0, 0.05) is 41.1 Å². The van der Waals surface area contributed by atoms with Crippen LogP contribution in [-0.2, 0) is 7.05 Å². The number of nitrogens with zero attached hydrogens (tertiary/aromatic N) is 2. The van der Waals surface area contributed by atoms with E-state index in [2.05, 4.69) is 0 Å². The number of nitrogen functional groups attached to an aromatic ring is 1. The molecule has 0 aliphatic carbocycles. The van der Waals surface area contributed by atoms with Gasteiger partial charge < -0.3 is 10.8 Å². The highest BCUT2D eigenvalue weighted by Crippen LogP contribution is 2.37. The molecule has 1 aromatic heterocycles. The highest BCUT2D eigenvalue weighted by Gasteiger charge is 2.22. The van der Waals surface area contributed by atoms with Crippen molar-refractivity contribution < 1.29 is 9.90 Å². The van der Waals surface area contributed by atoms with Gasteiger partial charge in [0.15, 0.2) is 0 Å². The summed E-state index contributed by atoms with van der Waals surface area (Å²) in [4.78, 5) is 25.3. The number of rotatable bonds is 2. The fraction of sp³-hybridized carbons (Fsp3) is 0.111. The Bertz CT molecular complexity index is 1060. The van der Waals surface area contributed by atoms with Gasteiger partial charge in [-0.15, -0.1) is 0 Å². The summed E-state index contributed by atoms with van der Waals surface area (Å²) in [6.07, 6.45) is -1.18. The number of carbonyl (C=O) groups is 1. The van der Waals surface area contributed by atoms with E-state index in [1.165, 1.54) is 11.6 Å². The number of aromatic nitrogens is 1. The lowest BCUT2D eigenvalue weighted by atomic mass is 9.98. The summed E-state index contributed by atoms with van der Waals surface area (Å²) in [5.41, 5.74) is 7.41. The molecule has 7 heteroatoms. The molecule has 0 fully saturated rings. The number of fused-ring (bicyclic) bond motifs is 1. The van der Waals surface area contributed by atoms with Crippen LogP contribution in [0.5, 0.6) is 0 Å². The van der Waals surface area contributed by atoms with Crippen LogP contribution in [0.25, 0.3) is 21.9 Å². The number of anilines is 2. The first-order valence-corrected chi connectivity index (χ1v) is 7.84. The lowest BCUT2D eigenvalue weighted by Gasteiger charge is -2.23. The van der Waals surface area contributed by atoms with Gasteiger partial charge in [-0.3, -0.25) is 14.3 Å². The smallest absolute Gasteiger partial charge is 0.412 e. The van der Waals surface area contributed by atoms with Gasteiger partial charge in [0.2, 0.25) is 0 Å². The average Bonchev–Trinajstić information content (AvgIpc) is 2.57. The minimum atomic E-state index is -1.18. The average molecular weight is 358 g/mol. The Morgan fingerprint density at radius 2 is 1.92 bits per heavy atom. The van der Waals surface area contributed by atoms with Gasteiger partial charge in [-0.25, -0.2) is 4.79 Å². The van der Waals surface area contributed by atoms with Crippen LogP contribution in [0.15, 0.2) is 47.3 Å². The van der Waals surface area contributed by atoms with Crippen LogP contribution >= 0.6 is 11.6 Å². The lowest BCUT2D eigenvalue weighted by Crippen LogP contribution is -2.32. The largest absolute Gasteiger partial charge is 0.465 e. The number of pyridine rings is 1. The van der Waals surface area contributed by atoms with Crippen LogP contribution in [0.3, 0.4) is 0 Å². The Morgan fingerprint density at radius 3 is 2.56 bits per heavy atom. The van der Waals surface area contributed by atoms with E-state index in [-0.39, 0.29) is 11.4 Å². The molecule has 128 valence electrons. The molecular formula is C18H16ClN3O3. The molecule has 0 aliphatic rings. The molecule has 0 spiro atoms. The van der Waals surface area contributed by atoms with E-state index < -0.39 is 6.09 Å². The van der Waals surface area contributed by atoms with Crippen molar-refractivity contribution in [3.8, 4) is 11.1 Å². The Morgan fingerprint density at radius 1 is 1.20 bits per heavy atom. The number of nitrogens with two attached hydrogens (primary N) is 1. The molecule has 0 bridgehead atoms. The maximum atomic E-state index is 12.7. The molecule has 3 rings (SSSR count). The minimum absolute atomic E-state index is 0.248. The van der Waals surface area contributed by atoms with Crippen molar-refractivity contribution in [3.05, 3.63) is 57.8 Å². The quantitative estimate of drug-likeness (QED) is 0.686. The van der Waals surface area contributed by atoms with E-state index in [1.54, 1.807) is 43.4 Å². The highest BCUT2D eigenvalue weighted by molar-refractivity contribution is 6.31. The summed E-state index contributed by atoms with van der Waals surface area (Å²) in [7, 11) is 2.93. The van der Waals surface area contributed by atoms with Crippen LogP contribution in [0.1, 0.15) is 0 Å².